The topological polar surface area (TPSA) is 23.5 Å². The fourth-order valence-electron chi connectivity index (χ4n) is 2.42. The summed E-state index contributed by atoms with van der Waals surface area (Å²) in [6, 6.07) is 12.4. The van der Waals surface area contributed by atoms with E-state index in [2.05, 4.69) is 0 Å². The minimum Gasteiger partial charge on any atom is -0.389 e. The number of anilines is 1. The van der Waals surface area contributed by atoms with E-state index in [4.69, 9.17) is 11.6 Å². The molecule has 1 N–H and O–H groups in total. The van der Waals surface area contributed by atoms with Crippen LogP contribution in [0.4, 0.5) is 10.1 Å². The van der Waals surface area contributed by atoms with Gasteiger partial charge in [-0.25, -0.2) is 4.39 Å². The van der Waals surface area contributed by atoms with Crippen molar-refractivity contribution in [1.82, 2.24) is 0 Å². The van der Waals surface area contributed by atoms with E-state index in [1.165, 1.54) is 6.07 Å². The van der Waals surface area contributed by atoms with Gasteiger partial charge < -0.3 is 10.0 Å². The normalized spacial score (nSPS) is 13.8. The number of nitrogens with zero attached hydrogens (tertiary/aromatic N) is 1. The summed E-state index contributed by atoms with van der Waals surface area (Å²) < 4.78 is 14.0. The second-order valence-electron chi connectivity index (χ2n) is 5.19. The highest BCUT2D eigenvalue weighted by atomic mass is 35.5. The Kier molecular flexibility index (Phi) is 4.86. The van der Waals surface area contributed by atoms with Crippen molar-refractivity contribution < 1.29 is 9.50 Å². The first kappa shape index (κ1) is 15.8. The zero-order valence-electron chi connectivity index (χ0n) is 12.3. The molecule has 1 unspecified atom stereocenters. The van der Waals surface area contributed by atoms with Crippen molar-refractivity contribution in [3.8, 4) is 0 Å². The van der Waals surface area contributed by atoms with Crippen molar-refractivity contribution >= 4 is 17.3 Å². The quantitative estimate of drug-likeness (QED) is 0.882. The first-order valence-electron chi connectivity index (χ1n) is 6.86. The van der Waals surface area contributed by atoms with Crippen molar-refractivity contribution in [2.75, 3.05) is 11.9 Å². The molecule has 0 heterocycles. The van der Waals surface area contributed by atoms with Crippen molar-refractivity contribution in [3.63, 3.8) is 0 Å². The van der Waals surface area contributed by atoms with Crippen LogP contribution in [0.2, 0.25) is 5.02 Å². The molecular formula is C17H19ClFNO. The van der Waals surface area contributed by atoms with Gasteiger partial charge in [-0.3, -0.25) is 0 Å². The van der Waals surface area contributed by atoms with Crippen LogP contribution >= 0.6 is 11.6 Å². The van der Waals surface area contributed by atoms with Gasteiger partial charge in [0.1, 0.15) is 5.82 Å². The molecule has 0 aliphatic carbocycles. The van der Waals surface area contributed by atoms with E-state index in [0.29, 0.717) is 16.3 Å². The Morgan fingerprint density at radius 1 is 1.10 bits per heavy atom. The Morgan fingerprint density at radius 3 is 2.29 bits per heavy atom. The molecule has 0 fully saturated rings. The summed E-state index contributed by atoms with van der Waals surface area (Å²) in [7, 11) is 1.89. The van der Waals surface area contributed by atoms with E-state index in [-0.39, 0.29) is 6.04 Å². The van der Waals surface area contributed by atoms with E-state index in [1.807, 2.05) is 49.2 Å². The molecule has 0 aliphatic heterocycles. The minimum atomic E-state index is -0.860. The summed E-state index contributed by atoms with van der Waals surface area (Å²) in [4.78, 5) is 1.95. The second-order valence-corrected chi connectivity index (χ2v) is 5.62. The molecule has 2 aromatic rings. The summed E-state index contributed by atoms with van der Waals surface area (Å²) >= 11 is 5.90. The lowest BCUT2D eigenvalue weighted by Crippen LogP contribution is -2.23. The molecule has 0 spiro atoms. The highest BCUT2D eigenvalue weighted by Gasteiger charge is 2.20. The molecule has 0 radical (unpaired) electrons. The molecule has 0 bridgehead atoms. The largest absolute Gasteiger partial charge is 0.389 e. The summed E-state index contributed by atoms with van der Waals surface area (Å²) in [6.07, 6.45) is -0.860. The molecule has 0 amide bonds. The van der Waals surface area contributed by atoms with Gasteiger partial charge >= 0.3 is 0 Å². The maximum absolute atomic E-state index is 14.0. The predicted octanol–water partition coefficient (Wildman–Crippen LogP) is 4.73. The third-order valence-corrected chi connectivity index (χ3v) is 4.01. The summed E-state index contributed by atoms with van der Waals surface area (Å²) in [5.41, 5.74) is 2.08. The number of hydrogen-bond acceptors (Lipinski definition) is 2. The lowest BCUT2D eigenvalue weighted by Gasteiger charge is -2.30. The summed E-state index contributed by atoms with van der Waals surface area (Å²) in [6.45, 7) is 3.60. The monoisotopic (exact) mass is 307 g/mol. The van der Waals surface area contributed by atoms with Gasteiger partial charge in [-0.15, -0.1) is 0 Å². The van der Waals surface area contributed by atoms with E-state index in [1.54, 1.807) is 13.0 Å². The smallest absolute Gasteiger partial charge is 0.131 e. The molecule has 0 aromatic heterocycles. The zero-order chi connectivity index (χ0) is 15.6. The van der Waals surface area contributed by atoms with Crippen LogP contribution in [0, 0.1) is 5.82 Å². The van der Waals surface area contributed by atoms with E-state index >= 15 is 0 Å². The maximum Gasteiger partial charge on any atom is 0.131 e. The zero-order valence-corrected chi connectivity index (χ0v) is 13.1. The Morgan fingerprint density at radius 2 is 1.71 bits per heavy atom. The number of halogens is 2. The van der Waals surface area contributed by atoms with Gasteiger partial charge in [-0.2, -0.15) is 0 Å². The van der Waals surface area contributed by atoms with Crippen LogP contribution in [0.1, 0.15) is 37.1 Å². The Bertz CT molecular complexity index is 613. The van der Waals surface area contributed by atoms with Crippen LogP contribution in [0.15, 0.2) is 42.5 Å². The van der Waals surface area contributed by atoms with Gasteiger partial charge in [0, 0.05) is 23.3 Å². The molecule has 2 rings (SSSR count). The van der Waals surface area contributed by atoms with Gasteiger partial charge in [0.2, 0.25) is 0 Å². The Hall–Kier alpha value is -1.58. The Balaban J connectivity index is 2.37. The molecule has 2 nitrogen and oxygen atoms in total. The molecule has 4 heteroatoms. The van der Waals surface area contributed by atoms with Crippen LogP contribution in [-0.4, -0.2) is 12.2 Å². The third kappa shape index (κ3) is 3.36. The highest BCUT2D eigenvalue weighted by molar-refractivity contribution is 6.30. The number of rotatable bonds is 4. The van der Waals surface area contributed by atoms with Gasteiger partial charge in [0.15, 0.2) is 0 Å². The standard InChI is InChI=1S/C17H19ClFNO/c1-11(13-7-9-14(18)10-8-13)20(3)16-6-4-5-15(19)17(16)12(2)21/h4-12,21H,1-3H3/t11?,12-/m1/s1. The SMILES string of the molecule is CC(c1ccc(Cl)cc1)N(C)c1cccc(F)c1[C@@H](C)O. The molecule has 21 heavy (non-hydrogen) atoms. The average molecular weight is 308 g/mol. The molecule has 0 aliphatic rings. The van der Waals surface area contributed by atoms with Crippen molar-refractivity contribution in [2.45, 2.75) is 26.0 Å². The Labute approximate surface area is 129 Å². The number of aliphatic hydroxyl groups excluding tert-OH is 1. The van der Waals surface area contributed by atoms with E-state index < -0.39 is 11.9 Å². The van der Waals surface area contributed by atoms with E-state index in [0.717, 1.165) is 5.56 Å². The van der Waals surface area contributed by atoms with Gasteiger partial charge in [-0.05, 0) is 43.7 Å². The number of benzene rings is 2. The van der Waals surface area contributed by atoms with Crippen LogP contribution < -0.4 is 4.90 Å². The molecular weight excluding hydrogens is 289 g/mol. The lowest BCUT2D eigenvalue weighted by atomic mass is 10.0. The second kappa shape index (κ2) is 6.46. The molecule has 112 valence electrons. The lowest BCUT2D eigenvalue weighted by molar-refractivity contribution is 0.194. The highest BCUT2D eigenvalue weighted by Crippen LogP contribution is 2.33. The fourth-order valence-corrected chi connectivity index (χ4v) is 2.55. The molecule has 0 saturated heterocycles. The minimum absolute atomic E-state index is 0.0292. The average Bonchev–Trinajstić information content (AvgIpc) is 2.46. The number of aliphatic hydroxyl groups is 1. The summed E-state index contributed by atoms with van der Waals surface area (Å²) in [5.74, 6) is -0.391. The fraction of sp³-hybridized carbons (Fsp3) is 0.294. The first-order valence-corrected chi connectivity index (χ1v) is 7.24. The van der Waals surface area contributed by atoms with Crippen LogP contribution in [-0.2, 0) is 0 Å². The molecule has 2 aromatic carbocycles. The maximum atomic E-state index is 14.0. The first-order chi connectivity index (χ1) is 9.91. The van der Waals surface area contributed by atoms with Crippen molar-refractivity contribution in [3.05, 3.63) is 64.4 Å². The van der Waals surface area contributed by atoms with Crippen molar-refractivity contribution in [1.29, 1.82) is 0 Å². The van der Waals surface area contributed by atoms with Crippen LogP contribution in [0.5, 0.6) is 0 Å². The van der Waals surface area contributed by atoms with E-state index in [9.17, 15) is 9.50 Å². The third-order valence-electron chi connectivity index (χ3n) is 3.76. The molecule has 2 atom stereocenters. The van der Waals surface area contributed by atoms with Crippen molar-refractivity contribution in [2.24, 2.45) is 0 Å². The van der Waals surface area contributed by atoms with Crippen LogP contribution in [0.3, 0.4) is 0 Å². The van der Waals surface area contributed by atoms with Gasteiger partial charge in [0.25, 0.3) is 0 Å². The van der Waals surface area contributed by atoms with Gasteiger partial charge in [-0.1, -0.05) is 29.8 Å². The van der Waals surface area contributed by atoms with Crippen LogP contribution in [0.25, 0.3) is 0 Å². The summed E-state index contributed by atoms with van der Waals surface area (Å²) in [5, 5.41) is 10.5. The predicted molar refractivity (Wildman–Crippen MR) is 85.3 cm³/mol. The van der Waals surface area contributed by atoms with Gasteiger partial charge in [0.05, 0.1) is 12.1 Å². The number of hydrogen-bond donors (Lipinski definition) is 1. The molecule has 0 saturated carbocycles.